The van der Waals surface area contributed by atoms with Crippen LogP contribution in [-0.4, -0.2) is 40.7 Å². The average Bonchev–Trinajstić information content (AvgIpc) is 2.72. The lowest BCUT2D eigenvalue weighted by Gasteiger charge is -2.49. The van der Waals surface area contributed by atoms with Crippen LogP contribution in [-0.2, 0) is 14.4 Å². The molecule has 8 heteroatoms. The number of carbonyl (C=O) groups excluding carboxylic acids is 2. The molecule has 0 radical (unpaired) electrons. The molecule has 1 N–H and O–H groups in total. The molecule has 0 saturated carbocycles. The smallest absolute Gasteiger partial charge is 0.305 e. The largest absolute Gasteiger partial charge is 0.491 e. The maximum Gasteiger partial charge on any atom is 0.305 e. The van der Waals surface area contributed by atoms with E-state index in [0.717, 1.165) is 11.4 Å². The fraction of sp³-hybridized carbons (Fsp3) is 0.536. The fourth-order valence-corrected chi connectivity index (χ4v) is 6.50. The van der Waals surface area contributed by atoms with Crippen molar-refractivity contribution in [3.05, 3.63) is 50.3 Å². The Labute approximate surface area is 222 Å². The number of ketones is 2. The first-order valence-corrected chi connectivity index (χ1v) is 13.1. The van der Waals surface area contributed by atoms with Gasteiger partial charge >= 0.3 is 5.97 Å². The van der Waals surface area contributed by atoms with Crippen LogP contribution in [0.5, 0.6) is 5.75 Å². The summed E-state index contributed by atoms with van der Waals surface area (Å²) in [6.07, 6.45) is 1.80. The van der Waals surface area contributed by atoms with Crippen LogP contribution in [0.1, 0.15) is 78.2 Å². The number of ether oxygens (including phenoxy) is 1. The van der Waals surface area contributed by atoms with E-state index < -0.39 is 11.9 Å². The Morgan fingerprint density at radius 1 is 0.972 bits per heavy atom. The van der Waals surface area contributed by atoms with Gasteiger partial charge in [-0.15, -0.1) is 0 Å². The summed E-state index contributed by atoms with van der Waals surface area (Å²) in [6, 6.07) is 3.48. The highest BCUT2D eigenvalue weighted by Crippen LogP contribution is 2.55. The first-order chi connectivity index (χ1) is 16.7. The van der Waals surface area contributed by atoms with Gasteiger partial charge in [-0.2, -0.15) is 0 Å². The minimum atomic E-state index is -0.922. The highest BCUT2D eigenvalue weighted by Gasteiger charge is 2.49. The van der Waals surface area contributed by atoms with Gasteiger partial charge in [0.25, 0.3) is 0 Å². The van der Waals surface area contributed by atoms with Crippen LogP contribution in [0.4, 0.5) is 0 Å². The number of hydrogen-bond donors (Lipinski definition) is 1. The van der Waals surface area contributed by atoms with Crippen LogP contribution >= 0.6 is 23.2 Å². The summed E-state index contributed by atoms with van der Waals surface area (Å²) in [5.74, 6) is -1.21. The summed E-state index contributed by atoms with van der Waals surface area (Å²) in [5.41, 5.74) is 2.84. The lowest BCUT2D eigenvalue weighted by molar-refractivity contribution is -0.137. The van der Waals surface area contributed by atoms with E-state index in [4.69, 9.17) is 27.9 Å². The zero-order valence-corrected chi connectivity index (χ0v) is 23.0. The first kappa shape index (κ1) is 26.7. The van der Waals surface area contributed by atoms with Crippen molar-refractivity contribution in [1.29, 1.82) is 0 Å². The molecule has 0 bridgehead atoms. The standard InChI is InChI=1S/C28H33Cl2NO5/c1-6-36-26-16(29)9-15(10-17(26)30)23-24-18(11-27(2,3)13-20(24)32)31(8-7-22(34)35)19-12-28(4,5)14-21(33)25(19)23/h9-10,23H,6-8,11-14H2,1-5H3,(H,34,35). The predicted octanol–water partition coefficient (Wildman–Crippen LogP) is 6.55. The molecule has 0 spiro atoms. The molecule has 0 saturated heterocycles. The molecule has 0 fully saturated rings. The van der Waals surface area contributed by atoms with E-state index in [0.29, 0.717) is 64.8 Å². The predicted molar refractivity (Wildman–Crippen MR) is 139 cm³/mol. The van der Waals surface area contributed by atoms with E-state index in [-0.39, 0.29) is 35.4 Å². The van der Waals surface area contributed by atoms with Crippen LogP contribution < -0.4 is 4.74 Å². The van der Waals surface area contributed by atoms with Crippen molar-refractivity contribution in [2.75, 3.05) is 13.2 Å². The molecule has 36 heavy (non-hydrogen) atoms. The summed E-state index contributed by atoms with van der Waals surface area (Å²) >= 11 is 13.1. The number of nitrogens with zero attached hydrogens (tertiary/aromatic N) is 1. The Kier molecular flexibility index (Phi) is 7.08. The molecular formula is C28H33Cl2NO5. The van der Waals surface area contributed by atoms with E-state index in [1.165, 1.54) is 0 Å². The number of benzene rings is 1. The van der Waals surface area contributed by atoms with E-state index in [2.05, 4.69) is 0 Å². The second-order valence-corrected chi connectivity index (χ2v) is 12.4. The Morgan fingerprint density at radius 3 is 1.86 bits per heavy atom. The number of Topliss-reactive ketones (excluding diaryl/α,β-unsaturated/α-hetero) is 2. The van der Waals surface area contributed by atoms with Gasteiger partial charge in [-0.25, -0.2) is 0 Å². The number of carboxylic acids is 1. The molecule has 2 aliphatic carbocycles. The fourth-order valence-electron chi connectivity index (χ4n) is 5.89. The molecule has 3 aliphatic rings. The van der Waals surface area contributed by atoms with E-state index in [1.807, 2.05) is 39.5 Å². The van der Waals surface area contributed by atoms with E-state index >= 15 is 0 Å². The maximum absolute atomic E-state index is 13.7. The molecule has 0 atom stereocenters. The molecule has 4 rings (SSSR count). The summed E-state index contributed by atoms with van der Waals surface area (Å²) in [4.78, 5) is 41.0. The van der Waals surface area contributed by atoms with Crippen molar-refractivity contribution in [3.63, 3.8) is 0 Å². The van der Waals surface area contributed by atoms with Crippen molar-refractivity contribution in [1.82, 2.24) is 4.90 Å². The van der Waals surface area contributed by atoms with Gasteiger partial charge in [-0.05, 0) is 48.3 Å². The van der Waals surface area contributed by atoms with Gasteiger partial charge in [0.1, 0.15) is 0 Å². The number of hydrogen-bond acceptors (Lipinski definition) is 5. The zero-order chi connectivity index (χ0) is 26.6. The third-order valence-electron chi connectivity index (χ3n) is 7.21. The summed E-state index contributed by atoms with van der Waals surface area (Å²) < 4.78 is 5.61. The van der Waals surface area contributed by atoms with E-state index in [9.17, 15) is 19.5 Å². The molecule has 0 aromatic heterocycles. The molecule has 0 amide bonds. The number of aliphatic carboxylic acids is 1. The monoisotopic (exact) mass is 533 g/mol. The zero-order valence-electron chi connectivity index (χ0n) is 21.5. The minimum absolute atomic E-state index is 0.0307. The number of allylic oxidation sites excluding steroid dienone is 4. The van der Waals surface area contributed by atoms with Gasteiger partial charge in [-0.3, -0.25) is 14.4 Å². The van der Waals surface area contributed by atoms with Crippen molar-refractivity contribution in [2.45, 2.75) is 72.6 Å². The normalized spacial score (nSPS) is 21.5. The highest BCUT2D eigenvalue weighted by molar-refractivity contribution is 6.37. The van der Waals surface area contributed by atoms with Gasteiger partial charge in [0.05, 0.1) is 23.1 Å². The molecule has 6 nitrogen and oxygen atoms in total. The quantitative estimate of drug-likeness (QED) is 0.446. The third kappa shape index (κ3) is 4.95. The second-order valence-electron chi connectivity index (χ2n) is 11.6. The first-order valence-electron chi connectivity index (χ1n) is 12.4. The van der Waals surface area contributed by atoms with Crippen LogP contribution in [0, 0.1) is 10.8 Å². The van der Waals surface area contributed by atoms with Crippen LogP contribution in [0.2, 0.25) is 10.0 Å². The lowest BCUT2D eigenvalue weighted by atomic mass is 9.63. The van der Waals surface area contributed by atoms with Crippen LogP contribution in [0.15, 0.2) is 34.7 Å². The SMILES string of the molecule is CCOc1c(Cl)cc(C2C3=C(CC(C)(C)CC3=O)N(CCC(=O)O)C3=C2C(=O)CC(C)(C)C3)cc1Cl. The molecule has 0 unspecified atom stereocenters. The number of halogens is 2. The van der Waals surface area contributed by atoms with Crippen molar-refractivity contribution in [2.24, 2.45) is 10.8 Å². The molecule has 1 aromatic rings. The Bertz CT molecular complexity index is 1130. The van der Waals surface area contributed by atoms with E-state index in [1.54, 1.807) is 12.1 Å². The van der Waals surface area contributed by atoms with Crippen molar-refractivity contribution < 1.29 is 24.2 Å². The van der Waals surface area contributed by atoms with Gasteiger partial charge in [-0.1, -0.05) is 50.9 Å². The topological polar surface area (TPSA) is 83.9 Å². The minimum Gasteiger partial charge on any atom is -0.491 e. The molecule has 194 valence electrons. The molecule has 1 heterocycles. The van der Waals surface area contributed by atoms with Crippen molar-refractivity contribution >= 4 is 40.7 Å². The summed E-state index contributed by atoms with van der Waals surface area (Å²) in [7, 11) is 0. The lowest BCUT2D eigenvalue weighted by Crippen LogP contribution is -2.45. The van der Waals surface area contributed by atoms with Gasteiger partial charge < -0.3 is 14.7 Å². The Balaban J connectivity index is 1.99. The van der Waals surface area contributed by atoms with Gasteiger partial charge in [0.2, 0.25) is 0 Å². The van der Waals surface area contributed by atoms with Gasteiger partial charge in [0, 0.05) is 47.8 Å². The third-order valence-corrected chi connectivity index (χ3v) is 7.78. The molecular weight excluding hydrogens is 501 g/mol. The molecule has 1 aromatic carbocycles. The maximum atomic E-state index is 13.7. The number of carboxylic acid groups (broad SMARTS) is 1. The van der Waals surface area contributed by atoms with Gasteiger partial charge in [0.15, 0.2) is 17.3 Å². The second kappa shape index (κ2) is 9.53. The Hall–Kier alpha value is -2.31. The summed E-state index contributed by atoms with van der Waals surface area (Å²) in [5, 5.41) is 10.1. The summed E-state index contributed by atoms with van der Waals surface area (Å²) in [6.45, 7) is 10.6. The highest BCUT2D eigenvalue weighted by atomic mass is 35.5. The average molecular weight is 534 g/mol. The van der Waals surface area contributed by atoms with Crippen molar-refractivity contribution in [3.8, 4) is 5.75 Å². The number of rotatable bonds is 6. The molecule has 1 aliphatic heterocycles. The Morgan fingerprint density at radius 2 is 1.44 bits per heavy atom. The number of carbonyl (C=O) groups is 3. The van der Waals surface area contributed by atoms with Crippen LogP contribution in [0.25, 0.3) is 0 Å². The van der Waals surface area contributed by atoms with Crippen LogP contribution in [0.3, 0.4) is 0 Å².